The summed E-state index contributed by atoms with van der Waals surface area (Å²) >= 11 is 0. The van der Waals surface area contributed by atoms with Gasteiger partial charge in [-0.1, -0.05) is 0 Å². The van der Waals surface area contributed by atoms with E-state index in [0.717, 1.165) is 25.9 Å². The van der Waals surface area contributed by atoms with Crippen molar-refractivity contribution in [2.24, 2.45) is 11.7 Å². The van der Waals surface area contributed by atoms with Crippen LogP contribution in [0.15, 0.2) is 30.6 Å². The maximum absolute atomic E-state index is 12.9. The van der Waals surface area contributed by atoms with Gasteiger partial charge in [-0.2, -0.15) is 0 Å². The number of pyridine rings is 1. The van der Waals surface area contributed by atoms with Gasteiger partial charge in [0.25, 0.3) is 0 Å². The first-order valence-electron chi connectivity index (χ1n) is 7.16. The van der Waals surface area contributed by atoms with Crippen molar-refractivity contribution in [2.75, 3.05) is 24.5 Å². The van der Waals surface area contributed by atoms with Crippen molar-refractivity contribution in [1.82, 2.24) is 15.0 Å². The van der Waals surface area contributed by atoms with Gasteiger partial charge in [-0.25, -0.2) is 14.4 Å². The van der Waals surface area contributed by atoms with E-state index in [-0.39, 0.29) is 5.82 Å². The molecular formula is C15H18FN5. The smallest absolute Gasteiger partial charge is 0.225 e. The molecule has 3 heterocycles. The number of hydrogen-bond donors (Lipinski definition) is 1. The highest BCUT2D eigenvalue weighted by molar-refractivity contribution is 5.55. The van der Waals surface area contributed by atoms with Gasteiger partial charge in [-0.05, 0) is 43.5 Å². The van der Waals surface area contributed by atoms with Gasteiger partial charge in [-0.15, -0.1) is 0 Å². The van der Waals surface area contributed by atoms with Gasteiger partial charge in [0.15, 0.2) is 0 Å². The van der Waals surface area contributed by atoms with Gasteiger partial charge in [0.2, 0.25) is 5.95 Å². The Balaban J connectivity index is 1.84. The Morgan fingerprint density at radius 1 is 1.24 bits per heavy atom. The zero-order valence-electron chi connectivity index (χ0n) is 11.7. The van der Waals surface area contributed by atoms with Crippen LogP contribution in [0.5, 0.6) is 0 Å². The molecule has 5 nitrogen and oxygen atoms in total. The summed E-state index contributed by atoms with van der Waals surface area (Å²) in [4.78, 5) is 15.1. The number of halogens is 1. The number of nitrogens with zero attached hydrogens (tertiary/aromatic N) is 4. The molecule has 2 N–H and O–H groups in total. The fourth-order valence-electron chi connectivity index (χ4n) is 2.61. The molecule has 2 aromatic rings. The zero-order valence-corrected chi connectivity index (χ0v) is 11.7. The highest BCUT2D eigenvalue weighted by Crippen LogP contribution is 2.22. The van der Waals surface area contributed by atoms with E-state index in [4.69, 9.17) is 5.73 Å². The molecule has 1 aliphatic heterocycles. The van der Waals surface area contributed by atoms with E-state index < -0.39 is 0 Å². The first-order chi connectivity index (χ1) is 10.3. The van der Waals surface area contributed by atoms with E-state index in [1.807, 2.05) is 0 Å². The molecule has 21 heavy (non-hydrogen) atoms. The lowest BCUT2D eigenvalue weighted by Gasteiger charge is -2.32. The van der Waals surface area contributed by atoms with Gasteiger partial charge in [0.1, 0.15) is 5.82 Å². The highest BCUT2D eigenvalue weighted by Gasteiger charge is 2.21. The molecule has 0 amide bonds. The second kappa shape index (κ2) is 6.13. The second-order valence-corrected chi connectivity index (χ2v) is 5.29. The van der Waals surface area contributed by atoms with Gasteiger partial charge in [-0.3, -0.25) is 4.98 Å². The van der Waals surface area contributed by atoms with Crippen molar-refractivity contribution < 1.29 is 4.39 Å². The van der Waals surface area contributed by atoms with Gasteiger partial charge in [0.05, 0.1) is 17.6 Å². The van der Waals surface area contributed by atoms with Crippen LogP contribution in [0.1, 0.15) is 12.8 Å². The lowest BCUT2D eigenvalue weighted by Crippen LogP contribution is -2.39. The van der Waals surface area contributed by atoms with Crippen LogP contribution in [-0.2, 0) is 0 Å². The molecule has 0 spiro atoms. The third-order valence-corrected chi connectivity index (χ3v) is 3.77. The van der Waals surface area contributed by atoms with E-state index in [9.17, 15) is 4.39 Å². The molecule has 0 bridgehead atoms. The monoisotopic (exact) mass is 287 g/mol. The molecular weight excluding hydrogens is 269 g/mol. The molecule has 0 aromatic carbocycles. The molecule has 1 atom stereocenters. The van der Waals surface area contributed by atoms with E-state index in [1.165, 1.54) is 12.3 Å². The summed E-state index contributed by atoms with van der Waals surface area (Å²) in [7, 11) is 0. The molecule has 0 saturated carbocycles. The van der Waals surface area contributed by atoms with E-state index in [0.29, 0.717) is 29.8 Å². The van der Waals surface area contributed by atoms with Crippen LogP contribution in [0, 0.1) is 11.7 Å². The summed E-state index contributed by atoms with van der Waals surface area (Å²) in [6.07, 6.45) is 5.17. The quantitative estimate of drug-likeness (QED) is 0.933. The van der Waals surface area contributed by atoms with Crippen LogP contribution in [0.3, 0.4) is 0 Å². The maximum Gasteiger partial charge on any atom is 0.225 e. The topological polar surface area (TPSA) is 67.9 Å². The number of rotatable bonds is 3. The van der Waals surface area contributed by atoms with Gasteiger partial charge >= 0.3 is 0 Å². The lowest BCUT2D eigenvalue weighted by molar-refractivity contribution is 0.419. The average Bonchev–Trinajstić information content (AvgIpc) is 2.56. The number of aromatic nitrogens is 3. The Morgan fingerprint density at radius 2 is 2.14 bits per heavy atom. The predicted octanol–water partition coefficient (Wildman–Crippen LogP) is 1.85. The summed E-state index contributed by atoms with van der Waals surface area (Å²) in [5, 5.41) is 0. The van der Waals surface area contributed by atoms with Crippen LogP contribution < -0.4 is 10.6 Å². The van der Waals surface area contributed by atoms with Crippen LogP contribution in [0.4, 0.5) is 10.3 Å². The minimum atomic E-state index is -0.352. The Labute approximate surface area is 123 Å². The minimum absolute atomic E-state index is 0.352. The van der Waals surface area contributed by atoms with Crippen molar-refractivity contribution >= 4 is 5.95 Å². The van der Waals surface area contributed by atoms with Crippen molar-refractivity contribution in [1.29, 1.82) is 0 Å². The Kier molecular flexibility index (Phi) is 4.06. The number of piperidine rings is 1. The molecule has 2 aromatic heterocycles. The van der Waals surface area contributed by atoms with Gasteiger partial charge < -0.3 is 10.6 Å². The first-order valence-corrected chi connectivity index (χ1v) is 7.16. The Hall–Kier alpha value is -2.08. The normalized spacial score (nSPS) is 18.8. The molecule has 1 unspecified atom stereocenters. The number of hydrogen-bond acceptors (Lipinski definition) is 5. The SMILES string of the molecule is NCC1CCCN(c2nccc(-c3ccc(F)cn3)n2)C1. The predicted molar refractivity (Wildman–Crippen MR) is 79.2 cm³/mol. The number of anilines is 1. The second-order valence-electron chi connectivity index (χ2n) is 5.29. The van der Waals surface area contributed by atoms with E-state index in [1.54, 1.807) is 18.3 Å². The molecule has 3 rings (SSSR count). The van der Waals surface area contributed by atoms with Crippen molar-refractivity contribution in [2.45, 2.75) is 12.8 Å². The minimum Gasteiger partial charge on any atom is -0.340 e. The summed E-state index contributed by atoms with van der Waals surface area (Å²) in [5.74, 6) is 0.835. The Bertz CT molecular complexity index is 601. The molecule has 6 heteroatoms. The largest absolute Gasteiger partial charge is 0.340 e. The van der Waals surface area contributed by atoms with Crippen LogP contribution in [-0.4, -0.2) is 34.6 Å². The highest BCUT2D eigenvalue weighted by atomic mass is 19.1. The van der Waals surface area contributed by atoms with Crippen LogP contribution in [0.2, 0.25) is 0 Å². The van der Waals surface area contributed by atoms with Crippen molar-refractivity contribution in [3.05, 3.63) is 36.4 Å². The Morgan fingerprint density at radius 3 is 2.90 bits per heavy atom. The number of nitrogens with two attached hydrogens (primary N) is 1. The van der Waals surface area contributed by atoms with E-state index in [2.05, 4.69) is 19.9 Å². The lowest BCUT2D eigenvalue weighted by atomic mass is 9.99. The van der Waals surface area contributed by atoms with Gasteiger partial charge in [0, 0.05) is 19.3 Å². The molecule has 0 aliphatic carbocycles. The molecule has 1 aliphatic rings. The fraction of sp³-hybridized carbons (Fsp3) is 0.400. The van der Waals surface area contributed by atoms with Crippen LogP contribution in [0.25, 0.3) is 11.4 Å². The van der Waals surface area contributed by atoms with Crippen LogP contribution >= 0.6 is 0 Å². The molecule has 1 fully saturated rings. The fourth-order valence-corrected chi connectivity index (χ4v) is 2.61. The molecule has 0 radical (unpaired) electrons. The zero-order chi connectivity index (χ0) is 14.7. The first kappa shape index (κ1) is 13.9. The third kappa shape index (κ3) is 3.16. The van der Waals surface area contributed by atoms with E-state index >= 15 is 0 Å². The van der Waals surface area contributed by atoms with Crippen molar-refractivity contribution in [3.63, 3.8) is 0 Å². The molecule has 110 valence electrons. The standard InChI is InChI=1S/C15H18FN5/c16-12-3-4-13(19-9-12)14-5-6-18-15(20-14)21-7-1-2-11(8-17)10-21/h3-6,9,11H,1-2,7-8,10,17H2. The molecule has 1 saturated heterocycles. The summed E-state index contributed by atoms with van der Waals surface area (Å²) in [6, 6.07) is 4.80. The maximum atomic E-state index is 12.9. The summed E-state index contributed by atoms with van der Waals surface area (Å²) in [6.45, 7) is 2.52. The third-order valence-electron chi connectivity index (χ3n) is 3.77. The summed E-state index contributed by atoms with van der Waals surface area (Å²) in [5.41, 5.74) is 7.12. The summed E-state index contributed by atoms with van der Waals surface area (Å²) < 4.78 is 12.9. The van der Waals surface area contributed by atoms with Crippen molar-refractivity contribution in [3.8, 4) is 11.4 Å². The average molecular weight is 287 g/mol.